The monoisotopic (exact) mass is 727 g/mol. The van der Waals surface area contributed by atoms with Crippen LogP contribution < -0.4 is 0 Å². The van der Waals surface area contributed by atoms with Crippen LogP contribution >= 0.6 is 0 Å². The summed E-state index contributed by atoms with van der Waals surface area (Å²) in [7, 11) is 0. The number of hydrogen-bond donors (Lipinski definition) is 0. The van der Waals surface area contributed by atoms with Gasteiger partial charge in [0, 0.05) is 22.1 Å². The van der Waals surface area contributed by atoms with Crippen molar-refractivity contribution in [1.29, 1.82) is 0 Å². The molecule has 268 valence electrons. The largest absolute Gasteiger partial charge is 0.208 e. The number of rotatable bonds is 5. The zero-order valence-corrected chi connectivity index (χ0v) is 31.7. The molecule has 0 fully saturated rings. The van der Waals surface area contributed by atoms with Gasteiger partial charge in [0.05, 0.1) is 0 Å². The summed E-state index contributed by atoms with van der Waals surface area (Å²) in [5, 5.41) is 7.35. The van der Waals surface area contributed by atoms with Gasteiger partial charge in [-0.2, -0.15) is 0 Å². The van der Waals surface area contributed by atoms with Crippen molar-refractivity contribution in [3.63, 3.8) is 0 Å². The van der Waals surface area contributed by atoms with Gasteiger partial charge in [0.1, 0.15) is 0 Å². The predicted octanol–water partition coefficient (Wildman–Crippen LogP) is 14.0. The topological polar surface area (TPSA) is 38.7 Å². The van der Waals surface area contributed by atoms with Gasteiger partial charge in [-0.25, -0.2) is 15.0 Å². The molecule has 0 amide bonds. The van der Waals surface area contributed by atoms with Gasteiger partial charge in [-0.3, -0.25) is 0 Å². The van der Waals surface area contributed by atoms with Crippen LogP contribution in [0.15, 0.2) is 188 Å². The van der Waals surface area contributed by atoms with Gasteiger partial charge >= 0.3 is 0 Å². The minimum Gasteiger partial charge on any atom is -0.208 e. The molecule has 3 heteroatoms. The van der Waals surface area contributed by atoms with Gasteiger partial charge in [0.25, 0.3) is 0 Å². The molecule has 57 heavy (non-hydrogen) atoms. The highest BCUT2D eigenvalue weighted by Gasteiger charge is 2.35. The van der Waals surface area contributed by atoms with E-state index in [-0.39, 0.29) is 5.41 Å². The third kappa shape index (κ3) is 5.46. The Labute approximate surface area is 332 Å². The van der Waals surface area contributed by atoms with Gasteiger partial charge in [0.2, 0.25) is 0 Å². The first-order valence-corrected chi connectivity index (χ1v) is 19.6. The Morgan fingerprint density at radius 3 is 1.35 bits per heavy atom. The van der Waals surface area contributed by atoms with E-state index < -0.39 is 0 Å². The SMILES string of the molecule is CC1(C)c2ccccc2-c2ccc(-c3nc(-c4cccc(-c5cccc(-c6ccccc6)c5)c4)nc(-c4ccc5c6ccccc6c6ccccc6c5c4)n3)cc21. The quantitative estimate of drug-likeness (QED) is 0.166. The van der Waals surface area contributed by atoms with Crippen LogP contribution in [0, 0.1) is 0 Å². The minimum atomic E-state index is -0.147. The van der Waals surface area contributed by atoms with E-state index in [1.165, 1.54) is 65.7 Å². The summed E-state index contributed by atoms with van der Waals surface area (Å²) in [6, 6.07) is 67.3. The molecule has 0 atom stereocenters. The Kier molecular flexibility index (Phi) is 7.52. The number of hydrogen-bond acceptors (Lipinski definition) is 3. The molecule has 0 unspecified atom stereocenters. The summed E-state index contributed by atoms with van der Waals surface area (Å²) in [5.41, 5.74) is 12.5. The second-order valence-electron chi connectivity index (χ2n) is 15.6. The van der Waals surface area contributed by atoms with E-state index in [2.05, 4.69) is 202 Å². The summed E-state index contributed by atoms with van der Waals surface area (Å²) in [6.45, 7) is 4.63. The molecule has 3 nitrogen and oxygen atoms in total. The van der Waals surface area contributed by atoms with E-state index in [0.717, 1.165) is 27.8 Å². The van der Waals surface area contributed by atoms with Crippen LogP contribution in [-0.4, -0.2) is 15.0 Å². The van der Waals surface area contributed by atoms with Gasteiger partial charge in [0.15, 0.2) is 17.5 Å². The molecule has 10 aromatic rings. The zero-order valence-electron chi connectivity index (χ0n) is 31.7. The molecule has 1 aliphatic carbocycles. The Bertz CT molecular complexity index is 3180. The normalized spacial score (nSPS) is 12.9. The third-order valence-corrected chi connectivity index (χ3v) is 11.9. The van der Waals surface area contributed by atoms with Crippen LogP contribution in [0.1, 0.15) is 25.0 Å². The maximum atomic E-state index is 5.27. The van der Waals surface area contributed by atoms with Gasteiger partial charge in [-0.15, -0.1) is 0 Å². The first kappa shape index (κ1) is 33.1. The molecule has 1 aromatic heterocycles. The van der Waals surface area contributed by atoms with E-state index >= 15 is 0 Å². The molecule has 0 spiro atoms. The molecule has 1 heterocycles. The van der Waals surface area contributed by atoms with E-state index in [0.29, 0.717) is 17.5 Å². The summed E-state index contributed by atoms with van der Waals surface area (Å²) in [4.78, 5) is 15.8. The van der Waals surface area contributed by atoms with Gasteiger partial charge in [-0.05, 0) is 101 Å². The maximum Gasteiger partial charge on any atom is 0.164 e. The lowest BCUT2D eigenvalue weighted by Gasteiger charge is -2.21. The second-order valence-corrected chi connectivity index (χ2v) is 15.6. The van der Waals surface area contributed by atoms with Crippen LogP contribution in [0.4, 0.5) is 0 Å². The van der Waals surface area contributed by atoms with Crippen LogP contribution in [0.5, 0.6) is 0 Å². The van der Waals surface area contributed by atoms with Crippen molar-refractivity contribution in [1.82, 2.24) is 15.0 Å². The molecule has 11 rings (SSSR count). The third-order valence-electron chi connectivity index (χ3n) is 11.9. The molecular weight excluding hydrogens is 691 g/mol. The fourth-order valence-corrected chi connectivity index (χ4v) is 9.00. The molecule has 0 saturated carbocycles. The van der Waals surface area contributed by atoms with Crippen molar-refractivity contribution in [2.45, 2.75) is 19.3 Å². The van der Waals surface area contributed by atoms with Crippen LogP contribution in [0.2, 0.25) is 0 Å². The summed E-state index contributed by atoms with van der Waals surface area (Å²) in [6.07, 6.45) is 0. The summed E-state index contributed by atoms with van der Waals surface area (Å²) in [5.74, 6) is 1.95. The molecule has 0 N–H and O–H groups in total. The number of nitrogens with zero attached hydrogens (tertiary/aromatic N) is 3. The average molecular weight is 728 g/mol. The van der Waals surface area contributed by atoms with Crippen molar-refractivity contribution >= 4 is 32.3 Å². The molecule has 1 aliphatic rings. The Hall–Kier alpha value is -7.23. The van der Waals surface area contributed by atoms with Gasteiger partial charge < -0.3 is 0 Å². The first-order valence-electron chi connectivity index (χ1n) is 19.6. The minimum absolute atomic E-state index is 0.147. The average Bonchev–Trinajstić information content (AvgIpc) is 3.51. The van der Waals surface area contributed by atoms with Crippen molar-refractivity contribution in [3.8, 4) is 67.5 Å². The van der Waals surface area contributed by atoms with Crippen molar-refractivity contribution in [2.24, 2.45) is 0 Å². The molecule has 0 bridgehead atoms. The lowest BCUT2D eigenvalue weighted by Crippen LogP contribution is -2.15. The van der Waals surface area contributed by atoms with E-state index in [1.54, 1.807) is 0 Å². The molecule has 0 radical (unpaired) electrons. The fourth-order valence-electron chi connectivity index (χ4n) is 9.00. The van der Waals surface area contributed by atoms with Crippen molar-refractivity contribution in [2.75, 3.05) is 0 Å². The van der Waals surface area contributed by atoms with Gasteiger partial charge in [-0.1, -0.05) is 178 Å². The Morgan fingerprint density at radius 1 is 0.281 bits per heavy atom. The highest BCUT2D eigenvalue weighted by molar-refractivity contribution is 6.25. The highest BCUT2D eigenvalue weighted by atomic mass is 15.0. The molecule has 0 aliphatic heterocycles. The van der Waals surface area contributed by atoms with E-state index in [1.807, 2.05) is 0 Å². The second kappa shape index (κ2) is 12.9. The Balaban J connectivity index is 1.10. The summed E-state index contributed by atoms with van der Waals surface area (Å²) >= 11 is 0. The zero-order chi connectivity index (χ0) is 38.1. The lowest BCUT2D eigenvalue weighted by atomic mass is 9.82. The molecule has 0 saturated heterocycles. The number of fused-ring (bicyclic) bond motifs is 9. The molecular formula is C54H37N3. The van der Waals surface area contributed by atoms with E-state index in [9.17, 15) is 0 Å². The van der Waals surface area contributed by atoms with Crippen LogP contribution in [-0.2, 0) is 5.41 Å². The smallest absolute Gasteiger partial charge is 0.164 e. The maximum absolute atomic E-state index is 5.27. The standard InChI is InChI=1S/C54H37N3/c1-54(2)49-25-11-10-24-46(49)47-29-27-40(33-50(47)54)53-56-51(38-19-13-18-37(31-38)36-17-12-16-35(30-36)34-14-4-3-5-15-34)55-52(57-53)39-26-28-45-43-22-7-6-20-41(43)42-21-8-9-23-44(42)48(45)32-39/h3-33H,1-2H3. The summed E-state index contributed by atoms with van der Waals surface area (Å²) < 4.78 is 0. The number of benzene rings is 9. The fraction of sp³-hybridized carbons (Fsp3) is 0.0556. The van der Waals surface area contributed by atoms with Crippen molar-refractivity contribution in [3.05, 3.63) is 199 Å². The lowest BCUT2D eigenvalue weighted by molar-refractivity contribution is 0.660. The highest BCUT2D eigenvalue weighted by Crippen LogP contribution is 2.49. The number of aromatic nitrogens is 3. The van der Waals surface area contributed by atoms with E-state index in [4.69, 9.17) is 15.0 Å². The van der Waals surface area contributed by atoms with Crippen LogP contribution in [0.25, 0.3) is 99.9 Å². The first-order chi connectivity index (χ1) is 28.0. The predicted molar refractivity (Wildman–Crippen MR) is 237 cm³/mol. The molecule has 9 aromatic carbocycles. The Morgan fingerprint density at radius 2 is 0.702 bits per heavy atom. The van der Waals surface area contributed by atoms with Crippen LogP contribution in [0.3, 0.4) is 0 Å². The van der Waals surface area contributed by atoms with Crippen molar-refractivity contribution < 1.29 is 0 Å².